The van der Waals surface area contributed by atoms with Gasteiger partial charge >= 0.3 is 0 Å². The minimum absolute atomic E-state index is 0.000518. The number of benzene rings is 2. The summed E-state index contributed by atoms with van der Waals surface area (Å²) in [6.45, 7) is 4.11. The molecule has 0 saturated carbocycles. The number of hydrogen-bond acceptors (Lipinski definition) is 7. The van der Waals surface area contributed by atoms with Crippen LogP contribution in [0.2, 0.25) is 0 Å². The first-order chi connectivity index (χ1) is 15.5. The summed E-state index contributed by atoms with van der Waals surface area (Å²) in [6, 6.07) is 10.7. The third-order valence-corrected chi connectivity index (χ3v) is 5.65. The van der Waals surface area contributed by atoms with Crippen LogP contribution in [0.15, 0.2) is 54.4 Å². The minimum Gasteiger partial charge on any atom is -0.496 e. The van der Waals surface area contributed by atoms with E-state index in [0.29, 0.717) is 45.9 Å². The van der Waals surface area contributed by atoms with Crippen molar-refractivity contribution in [2.45, 2.75) is 0 Å². The summed E-state index contributed by atoms with van der Waals surface area (Å²) in [4.78, 5) is 31.3. The van der Waals surface area contributed by atoms with Gasteiger partial charge in [-0.1, -0.05) is 12.1 Å². The molecule has 1 aliphatic heterocycles. The summed E-state index contributed by atoms with van der Waals surface area (Å²) in [7, 11) is 2.99. The number of fused-ring (bicyclic) bond motifs is 1. The number of anilines is 2. The average Bonchev–Trinajstić information content (AvgIpc) is 3.28. The second-order valence-corrected chi connectivity index (χ2v) is 7.65. The lowest BCUT2D eigenvalue weighted by Gasteiger charge is -2.28. The largest absolute Gasteiger partial charge is 0.496 e. The number of methoxy groups -OCH3 is 2. The lowest BCUT2D eigenvalue weighted by molar-refractivity contribution is -0.121. The zero-order chi connectivity index (χ0) is 22.7. The first kappa shape index (κ1) is 21.4. The van der Waals surface area contributed by atoms with Crippen LogP contribution in [-0.2, 0) is 4.79 Å². The van der Waals surface area contributed by atoms with E-state index in [1.807, 2.05) is 23.6 Å². The van der Waals surface area contributed by atoms with Crippen LogP contribution in [0.4, 0.5) is 10.8 Å². The Hall–Kier alpha value is -3.85. The maximum absolute atomic E-state index is 12.9. The summed E-state index contributed by atoms with van der Waals surface area (Å²) >= 11 is 1.29. The molecule has 0 atom stereocenters. The normalized spacial score (nSPS) is 12.6. The Morgan fingerprint density at radius 2 is 2.03 bits per heavy atom. The molecule has 0 unspecified atom stereocenters. The van der Waals surface area contributed by atoms with Crippen LogP contribution in [0.25, 0.3) is 11.3 Å². The molecule has 8 nitrogen and oxygen atoms in total. The van der Waals surface area contributed by atoms with Crippen LogP contribution in [0.5, 0.6) is 17.2 Å². The highest BCUT2D eigenvalue weighted by molar-refractivity contribution is 7.14. The molecule has 3 aromatic rings. The number of ether oxygens (including phenoxy) is 3. The molecule has 0 aliphatic carbocycles. The molecule has 2 heterocycles. The van der Waals surface area contributed by atoms with Gasteiger partial charge in [-0.15, -0.1) is 17.9 Å². The van der Waals surface area contributed by atoms with Crippen molar-refractivity contribution < 1.29 is 23.8 Å². The molecule has 0 fully saturated rings. The number of amides is 2. The molecule has 4 rings (SSSR count). The Labute approximate surface area is 189 Å². The average molecular weight is 452 g/mol. The zero-order valence-corrected chi connectivity index (χ0v) is 18.4. The van der Waals surface area contributed by atoms with Gasteiger partial charge in [-0.2, -0.15) is 0 Å². The van der Waals surface area contributed by atoms with E-state index in [4.69, 9.17) is 14.2 Å². The Bertz CT molecular complexity index is 1170. The van der Waals surface area contributed by atoms with Gasteiger partial charge < -0.3 is 19.1 Å². The summed E-state index contributed by atoms with van der Waals surface area (Å²) in [6.07, 6.45) is 1.67. The van der Waals surface area contributed by atoms with Crippen molar-refractivity contribution in [2.24, 2.45) is 0 Å². The summed E-state index contributed by atoms with van der Waals surface area (Å²) in [5, 5.41) is 5.06. The third-order valence-electron chi connectivity index (χ3n) is 4.89. The fourth-order valence-electron chi connectivity index (χ4n) is 3.39. The zero-order valence-electron chi connectivity index (χ0n) is 17.6. The molecule has 32 heavy (non-hydrogen) atoms. The van der Waals surface area contributed by atoms with E-state index in [9.17, 15) is 9.59 Å². The monoisotopic (exact) mass is 451 g/mol. The van der Waals surface area contributed by atoms with Crippen LogP contribution in [-0.4, -0.2) is 44.2 Å². The number of carbonyl (C=O) groups is 2. The van der Waals surface area contributed by atoms with Gasteiger partial charge in [0.15, 0.2) is 11.7 Å². The first-order valence-electron chi connectivity index (χ1n) is 9.72. The molecule has 1 N–H and O–H groups in total. The molecule has 2 aromatic carbocycles. The summed E-state index contributed by atoms with van der Waals surface area (Å²) in [5.41, 5.74) is 2.41. The van der Waals surface area contributed by atoms with E-state index >= 15 is 0 Å². The lowest BCUT2D eigenvalue weighted by Crippen LogP contribution is -2.38. The number of thiazole rings is 1. The van der Waals surface area contributed by atoms with Crippen molar-refractivity contribution in [1.29, 1.82) is 0 Å². The highest BCUT2D eigenvalue weighted by Gasteiger charge is 2.25. The van der Waals surface area contributed by atoms with Crippen molar-refractivity contribution >= 4 is 34.0 Å². The standard InChI is InChI=1S/C23H21N3O5S/c1-4-10-26-16-11-14(8-9-17(16)31-12-20(26)27)15-13-32-23(24-15)25-22(28)21-18(29-2)6-5-7-19(21)30-3/h4-9,11,13H,1,10,12H2,2-3H3,(H,24,25,28). The van der Waals surface area contributed by atoms with Gasteiger partial charge in [0, 0.05) is 17.5 Å². The molecule has 0 spiro atoms. The Balaban J connectivity index is 1.60. The van der Waals surface area contributed by atoms with Crippen LogP contribution in [0.3, 0.4) is 0 Å². The maximum atomic E-state index is 12.9. The Morgan fingerprint density at radius 1 is 1.28 bits per heavy atom. The topological polar surface area (TPSA) is 90.0 Å². The second kappa shape index (κ2) is 9.11. The molecule has 0 bridgehead atoms. The van der Waals surface area contributed by atoms with Gasteiger partial charge in [0.2, 0.25) is 0 Å². The van der Waals surface area contributed by atoms with Gasteiger partial charge in [-0.3, -0.25) is 14.9 Å². The van der Waals surface area contributed by atoms with Gasteiger partial charge in [0.05, 0.1) is 25.6 Å². The fourth-order valence-corrected chi connectivity index (χ4v) is 4.10. The van der Waals surface area contributed by atoms with E-state index in [1.165, 1.54) is 25.6 Å². The molecule has 2 amide bonds. The van der Waals surface area contributed by atoms with E-state index in [2.05, 4.69) is 16.9 Å². The highest BCUT2D eigenvalue weighted by atomic mass is 32.1. The molecule has 1 aliphatic rings. The molecular weight excluding hydrogens is 430 g/mol. The van der Waals surface area contributed by atoms with Crippen molar-refractivity contribution in [3.63, 3.8) is 0 Å². The summed E-state index contributed by atoms with van der Waals surface area (Å²) in [5.74, 6) is 0.913. The van der Waals surface area contributed by atoms with Crippen molar-refractivity contribution in [3.8, 4) is 28.5 Å². The molecule has 0 saturated heterocycles. The fraction of sp³-hybridized carbons (Fsp3) is 0.174. The van der Waals surface area contributed by atoms with E-state index in [0.717, 1.165) is 5.56 Å². The number of hydrogen-bond donors (Lipinski definition) is 1. The van der Waals surface area contributed by atoms with Crippen LogP contribution >= 0.6 is 11.3 Å². The Kier molecular flexibility index (Phi) is 6.09. The first-order valence-corrected chi connectivity index (χ1v) is 10.6. The van der Waals surface area contributed by atoms with Gasteiger partial charge in [0.1, 0.15) is 22.8 Å². The van der Waals surface area contributed by atoms with Crippen LogP contribution in [0, 0.1) is 0 Å². The number of carbonyl (C=O) groups excluding carboxylic acids is 2. The molecule has 9 heteroatoms. The Morgan fingerprint density at radius 3 is 2.72 bits per heavy atom. The van der Waals surface area contributed by atoms with Gasteiger partial charge in [-0.05, 0) is 30.3 Å². The second-order valence-electron chi connectivity index (χ2n) is 6.79. The number of nitrogens with zero attached hydrogens (tertiary/aromatic N) is 2. The number of nitrogens with one attached hydrogen (secondary N) is 1. The van der Waals surface area contributed by atoms with E-state index in [1.54, 1.807) is 29.2 Å². The lowest BCUT2D eigenvalue weighted by atomic mass is 10.1. The van der Waals surface area contributed by atoms with Crippen molar-refractivity contribution in [2.75, 3.05) is 37.6 Å². The highest BCUT2D eigenvalue weighted by Crippen LogP contribution is 2.37. The van der Waals surface area contributed by atoms with Crippen molar-refractivity contribution in [1.82, 2.24) is 4.98 Å². The predicted molar refractivity (Wildman–Crippen MR) is 123 cm³/mol. The number of rotatable bonds is 7. The van der Waals surface area contributed by atoms with Crippen molar-refractivity contribution in [3.05, 3.63) is 60.0 Å². The minimum atomic E-state index is -0.387. The van der Waals surface area contributed by atoms with Gasteiger partial charge in [-0.25, -0.2) is 4.98 Å². The smallest absolute Gasteiger partial charge is 0.265 e. The van der Waals surface area contributed by atoms with E-state index < -0.39 is 0 Å². The molecular formula is C23H21N3O5S. The number of aromatic nitrogens is 1. The van der Waals surface area contributed by atoms with E-state index in [-0.39, 0.29) is 18.4 Å². The predicted octanol–water partition coefficient (Wildman–Crippen LogP) is 3.99. The summed E-state index contributed by atoms with van der Waals surface area (Å²) < 4.78 is 16.1. The maximum Gasteiger partial charge on any atom is 0.265 e. The van der Waals surface area contributed by atoms with Gasteiger partial charge in [0.25, 0.3) is 11.8 Å². The third kappa shape index (κ3) is 4.02. The quantitative estimate of drug-likeness (QED) is 0.547. The van der Waals surface area contributed by atoms with Crippen LogP contribution in [0.1, 0.15) is 10.4 Å². The molecule has 1 aromatic heterocycles. The molecule has 164 valence electrons. The SMILES string of the molecule is C=CCN1C(=O)COc2ccc(-c3csc(NC(=O)c4c(OC)cccc4OC)n3)cc21. The van der Waals surface area contributed by atoms with Crippen LogP contribution < -0.4 is 24.4 Å². The molecule has 0 radical (unpaired) electrons.